The van der Waals surface area contributed by atoms with Crippen molar-refractivity contribution in [3.8, 4) is 5.75 Å². The predicted molar refractivity (Wildman–Crippen MR) is 84.9 cm³/mol. The van der Waals surface area contributed by atoms with E-state index in [2.05, 4.69) is 0 Å². The van der Waals surface area contributed by atoms with Crippen molar-refractivity contribution in [2.75, 3.05) is 0 Å². The summed E-state index contributed by atoms with van der Waals surface area (Å²) in [7, 11) is 0. The van der Waals surface area contributed by atoms with Gasteiger partial charge in [-0.15, -0.1) is 0 Å². The van der Waals surface area contributed by atoms with Gasteiger partial charge in [-0.3, -0.25) is 0 Å². The number of rotatable bonds is 5. The summed E-state index contributed by atoms with van der Waals surface area (Å²) in [5.41, 5.74) is 2.80. The number of hydrogen-bond donors (Lipinski definition) is 1. The molecule has 0 amide bonds. The van der Waals surface area contributed by atoms with Crippen LogP contribution in [-0.2, 0) is 11.4 Å². The molecule has 112 valence electrons. The number of benzene rings is 2. The molecule has 0 fully saturated rings. The van der Waals surface area contributed by atoms with Crippen molar-refractivity contribution < 1.29 is 14.6 Å². The van der Waals surface area contributed by atoms with E-state index in [4.69, 9.17) is 9.84 Å². The van der Waals surface area contributed by atoms with E-state index >= 15 is 0 Å². The highest BCUT2D eigenvalue weighted by Gasteiger charge is 2.21. The van der Waals surface area contributed by atoms with Crippen LogP contribution in [0.5, 0.6) is 5.75 Å². The highest BCUT2D eigenvalue weighted by atomic mass is 16.5. The summed E-state index contributed by atoms with van der Waals surface area (Å²) in [6, 6.07) is 18.0. The number of hydrogen-bond acceptors (Lipinski definition) is 2. The molecule has 0 saturated carbocycles. The number of aliphatic carboxylic acids is 1. The van der Waals surface area contributed by atoms with Crippen LogP contribution in [0.15, 0.2) is 66.2 Å². The van der Waals surface area contributed by atoms with Gasteiger partial charge in [0.2, 0.25) is 0 Å². The standard InChI is InChI=1S/C19H18O3/c20-19(21)17-7-6-16(12-17)15-8-10-18(11-9-15)22-13-14-4-2-1-3-5-14/h1-5,8-12,16H,6-7,13H2,(H,20,21). The van der Waals surface area contributed by atoms with Gasteiger partial charge in [0.15, 0.2) is 0 Å². The number of ether oxygens (including phenoxy) is 1. The first kappa shape index (κ1) is 14.4. The Kier molecular flexibility index (Phi) is 4.24. The molecule has 0 saturated heterocycles. The minimum Gasteiger partial charge on any atom is -0.489 e. The SMILES string of the molecule is O=C(O)C1=CC(c2ccc(OCc3ccccc3)cc2)CC1. The highest BCUT2D eigenvalue weighted by Crippen LogP contribution is 2.33. The van der Waals surface area contributed by atoms with Gasteiger partial charge in [-0.1, -0.05) is 48.5 Å². The van der Waals surface area contributed by atoms with Gasteiger partial charge in [-0.25, -0.2) is 4.79 Å². The minimum absolute atomic E-state index is 0.203. The van der Waals surface area contributed by atoms with Crippen LogP contribution in [0.1, 0.15) is 29.9 Å². The van der Waals surface area contributed by atoms with E-state index in [0.29, 0.717) is 18.6 Å². The average Bonchev–Trinajstić information content (AvgIpc) is 3.05. The molecular formula is C19H18O3. The molecule has 2 aromatic carbocycles. The molecule has 0 bridgehead atoms. The van der Waals surface area contributed by atoms with Crippen LogP contribution in [0.2, 0.25) is 0 Å². The summed E-state index contributed by atoms with van der Waals surface area (Å²) in [4.78, 5) is 11.0. The van der Waals surface area contributed by atoms with Crippen LogP contribution in [-0.4, -0.2) is 11.1 Å². The lowest BCUT2D eigenvalue weighted by Gasteiger charge is -2.10. The number of carbonyl (C=O) groups is 1. The molecule has 1 aliphatic carbocycles. The lowest BCUT2D eigenvalue weighted by molar-refractivity contribution is -0.132. The van der Waals surface area contributed by atoms with Gasteiger partial charge in [0.1, 0.15) is 12.4 Å². The maximum Gasteiger partial charge on any atom is 0.331 e. The molecule has 0 aliphatic heterocycles. The second-order valence-corrected chi connectivity index (χ2v) is 5.49. The average molecular weight is 294 g/mol. The van der Waals surface area contributed by atoms with E-state index in [1.165, 1.54) is 0 Å². The van der Waals surface area contributed by atoms with Gasteiger partial charge >= 0.3 is 5.97 Å². The van der Waals surface area contributed by atoms with Crippen LogP contribution >= 0.6 is 0 Å². The summed E-state index contributed by atoms with van der Waals surface area (Å²) < 4.78 is 5.76. The topological polar surface area (TPSA) is 46.5 Å². The maximum atomic E-state index is 11.0. The fourth-order valence-electron chi connectivity index (χ4n) is 2.71. The monoisotopic (exact) mass is 294 g/mol. The van der Waals surface area contributed by atoms with Crippen molar-refractivity contribution in [2.45, 2.75) is 25.4 Å². The summed E-state index contributed by atoms with van der Waals surface area (Å²) >= 11 is 0. The lowest BCUT2D eigenvalue weighted by Crippen LogP contribution is -1.96. The van der Waals surface area contributed by atoms with Gasteiger partial charge < -0.3 is 9.84 Å². The van der Waals surface area contributed by atoms with Gasteiger partial charge in [0.25, 0.3) is 0 Å². The third-order valence-electron chi connectivity index (χ3n) is 3.96. The second kappa shape index (κ2) is 6.48. The Labute approximate surface area is 129 Å². The summed E-state index contributed by atoms with van der Waals surface area (Å²) in [5.74, 6) is 0.229. The first-order valence-corrected chi connectivity index (χ1v) is 7.43. The normalized spacial score (nSPS) is 17.1. The molecule has 3 nitrogen and oxygen atoms in total. The van der Waals surface area contributed by atoms with Crippen LogP contribution in [0.4, 0.5) is 0 Å². The first-order chi connectivity index (χ1) is 10.7. The zero-order chi connectivity index (χ0) is 15.4. The summed E-state index contributed by atoms with van der Waals surface area (Å²) in [5, 5.41) is 9.01. The number of allylic oxidation sites excluding steroid dienone is 1. The van der Waals surface area contributed by atoms with Crippen molar-refractivity contribution in [1.82, 2.24) is 0 Å². The fraction of sp³-hybridized carbons (Fsp3) is 0.211. The molecule has 1 unspecified atom stereocenters. The molecular weight excluding hydrogens is 276 g/mol. The molecule has 0 radical (unpaired) electrons. The molecule has 1 N–H and O–H groups in total. The fourth-order valence-corrected chi connectivity index (χ4v) is 2.71. The first-order valence-electron chi connectivity index (χ1n) is 7.43. The molecule has 0 aromatic heterocycles. The van der Waals surface area contributed by atoms with Gasteiger partial charge in [0.05, 0.1) is 0 Å². The molecule has 0 heterocycles. The van der Waals surface area contributed by atoms with Crippen molar-refractivity contribution in [1.29, 1.82) is 0 Å². The Morgan fingerprint density at radius 1 is 1.09 bits per heavy atom. The van der Waals surface area contributed by atoms with Crippen molar-refractivity contribution in [3.05, 3.63) is 77.4 Å². The summed E-state index contributed by atoms with van der Waals surface area (Å²) in [6.07, 6.45) is 3.38. The van der Waals surface area contributed by atoms with Crippen molar-refractivity contribution in [2.24, 2.45) is 0 Å². The second-order valence-electron chi connectivity index (χ2n) is 5.49. The Balaban J connectivity index is 1.62. The number of carboxylic acids is 1. The maximum absolute atomic E-state index is 11.0. The van der Waals surface area contributed by atoms with Gasteiger partial charge in [-0.05, 0) is 36.1 Å². The smallest absolute Gasteiger partial charge is 0.331 e. The molecule has 3 heteroatoms. The van der Waals surface area contributed by atoms with Crippen LogP contribution in [0.3, 0.4) is 0 Å². The Bertz CT molecular complexity index is 672. The third-order valence-corrected chi connectivity index (χ3v) is 3.96. The lowest BCUT2D eigenvalue weighted by atomic mass is 9.99. The molecule has 22 heavy (non-hydrogen) atoms. The quantitative estimate of drug-likeness (QED) is 0.901. The zero-order valence-corrected chi connectivity index (χ0v) is 12.2. The van der Waals surface area contributed by atoms with E-state index in [-0.39, 0.29) is 5.92 Å². The summed E-state index contributed by atoms with van der Waals surface area (Å²) in [6.45, 7) is 0.548. The van der Waals surface area contributed by atoms with E-state index < -0.39 is 5.97 Å². The Morgan fingerprint density at radius 2 is 1.82 bits per heavy atom. The van der Waals surface area contributed by atoms with E-state index in [1.54, 1.807) is 0 Å². The molecule has 0 spiro atoms. The van der Waals surface area contributed by atoms with Crippen LogP contribution in [0, 0.1) is 0 Å². The predicted octanol–water partition coefficient (Wildman–Crippen LogP) is 4.15. The molecule has 1 aliphatic rings. The van der Waals surface area contributed by atoms with E-state index in [1.807, 2.05) is 60.7 Å². The van der Waals surface area contributed by atoms with Crippen LogP contribution < -0.4 is 4.74 Å². The van der Waals surface area contributed by atoms with Crippen molar-refractivity contribution >= 4 is 5.97 Å². The molecule has 2 aromatic rings. The Hall–Kier alpha value is -2.55. The van der Waals surface area contributed by atoms with E-state index in [9.17, 15) is 4.79 Å². The number of carboxylic acid groups (broad SMARTS) is 1. The molecule has 3 rings (SSSR count). The highest BCUT2D eigenvalue weighted by molar-refractivity contribution is 5.87. The third kappa shape index (κ3) is 3.37. The van der Waals surface area contributed by atoms with E-state index in [0.717, 1.165) is 23.3 Å². The van der Waals surface area contributed by atoms with Crippen molar-refractivity contribution in [3.63, 3.8) is 0 Å². The zero-order valence-electron chi connectivity index (χ0n) is 12.2. The minimum atomic E-state index is -0.801. The van der Waals surface area contributed by atoms with Crippen LogP contribution in [0.25, 0.3) is 0 Å². The van der Waals surface area contributed by atoms with Gasteiger partial charge in [-0.2, -0.15) is 0 Å². The Morgan fingerprint density at radius 3 is 2.45 bits per heavy atom. The molecule has 1 atom stereocenters. The largest absolute Gasteiger partial charge is 0.489 e. The van der Waals surface area contributed by atoms with Gasteiger partial charge in [0, 0.05) is 11.5 Å².